The maximum atomic E-state index is 5.82. The first-order valence-corrected chi connectivity index (χ1v) is 5.66. The van der Waals surface area contributed by atoms with E-state index in [1.807, 2.05) is 18.9 Å². The van der Waals surface area contributed by atoms with E-state index in [-0.39, 0.29) is 0 Å². The molecule has 0 aromatic rings. The summed E-state index contributed by atoms with van der Waals surface area (Å²) < 4.78 is 0. The summed E-state index contributed by atoms with van der Waals surface area (Å²) in [7, 11) is 0. The lowest BCUT2D eigenvalue weighted by Gasteiger charge is -2.29. The molecule has 0 radical (unpaired) electrons. The van der Waals surface area contributed by atoms with Gasteiger partial charge in [-0.15, -0.1) is 0 Å². The van der Waals surface area contributed by atoms with Crippen LogP contribution in [0.5, 0.6) is 0 Å². The van der Waals surface area contributed by atoms with Gasteiger partial charge in [-0.2, -0.15) is 0 Å². The van der Waals surface area contributed by atoms with Crippen LogP contribution < -0.4 is 5.84 Å². The minimum Gasteiger partial charge on any atom is -0.269 e. The Balaban J connectivity index is 0.000000671. The predicted molar refractivity (Wildman–Crippen MR) is 59.4 cm³/mol. The zero-order valence-corrected chi connectivity index (χ0v) is 9.77. The topological polar surface area (TPSA) is 29.3 Å². The van der Waals surface area contributed by atoms with Crippen molar-refractivity contribution in [2.45, 2.75) is 53.4 Å². The van der Waals surface area contributed by atoms with Crippen molar-refractivity contribution in [2.75, 3.05) is 13.1 Å². The maximum absolute atomic E-state index is 5.82. The molecule has 0 aromatic carbocycles. The average Bonchev–Trinajstić information content (AvgIpc) is 2.31. The summed E-state index contributed by atoms with van der Waals surface area (Å²) in [5.41, 5.74) is 0.477. The molecule has 1 atom stereocenters. The summed E-state index contributed by atoms with van der Waals surface area (Å²) >= 11 is 0. The number of hydrogen-bond acceptors (Lipinski definition) is 2. The third-order valence-corrected chi connectivity index (χ3v) is 2.91. The molecule has 0 amide bonds. The monoisotopic (exact) mass is 186 g/mol. The number of nitrogens with zero attached hydrogens (tertiary/aromatic N) is 1. The highest BCUT2D eigenvalue weighted by Crippen LogP contribution is 2.30. The third-order valence-electron chi connectivity index (χ3n) is 2.91. The fraction of sp³-hybridized carbons (Fsp3) is 1.00. The second-order valence-corrected chi connectivity index (χ2v) is 4.09. The van der Waals surface area contributed by atoms with Gasteiger partial charge in [0, 0.05) is 13.1 Å². The lowest BCUT2D eigenvalue weighted by molar-refractivity contribution is 0.176. The molecule has 2 N–H and O–H groups in total. The highest BCUT2D eigenvalue weighted by atomic mass is 15.4. The molecule has 1 unspecified atom stereocenters. The van der Waals surface area contributed by atoms with Gasteiger partial charge in [0.2, 0.25) is 0 Å². The van der Waals surface area contributed by atoms with Crippen LogP contribution in [0.1, 0.15) is 53.4 Å². The number of hydrazine groups is 1. The molecule has 0 saturated carbocycles. The van der Waals surface area contributed by atoms with E-state index in [9.17, 15) is 0 Å². The van der Waals surface area contributed by atoms with E-state index in [1.165, 1.54) is 25.7 Å². The van der Waals surface area contributed by atoms with Crippen molar-refractivity contribution in [3.05, 3.63) is 0 Å². The number of hydrogen-bond donors (Lipinski definition) is 1. The van der Waals surface area contributed by atoms with Crippen LogP contribution in [0.25, 0.3) is 0 Å². The summed E-state index contributed by atoms with van der Waals surface area (Å²) in [6, 6.07) is 0. The van der Waals surface area contributed by atoms with Crippen molar-refractivity contribution in [3.8, 4) is 0 Å². The van der Waals surface area contributed by atoms with Gasteiger partial charge in [-0.1, -0.05) is 34.1 Å². The molecule has 1 fully saturated rings. The largest absolute Gasteiger partial charge is 0.269 e. The Morgan fingerprint density at radius 1 is 1.31 bits per heavy atom. The first-order valence-electron chi connectivity index (χ1n) is 5.66. The van der Waals surface area contributed by atoms with Crippen molar-refractivity contribution in [1.29, 1.82) is 0 Å². The van der Waals surface area contributed by atoms with Gasteiger partial charge < -0.3 is 0 Å². The Morgan fingerprint density at radius 3 is 2.46 bits per heavy atom. The predicted octanol–water partition coefficient (Wildman–Crippen LogP) is 2.79. The molecule has 0 bridgehead atoms. The maximum Gasteiger partial charge on any atom is 0.0182 e. The van der Waals surface area contributed by atoms with Gasteiger partial charge in [0.15, 0.2) is 0 Å². The van der Waals surface area contributed by atoms with Gasteiger partial charge in [-0.25, -0.2) is 5.01 Å². The quantitative estimate of drug-likeness (QED) is 0.638. The van der Waals surface area contributed by atoms with Crippen molar-refractivity contribution in [2.24, 2.45) is 11.3 Å². The third kappa shape index (κ3) is 4.63. The Labute approximate surface area is 83.5 Å². The van der Waals surface area contributed by atoms with Crippen molar-refractivity contribution >= 4 is 0 Å². The highest BCUT2D eigenvalue weighted by Gasteiger charge is 2.25. The van der Waals surface area contributed by atoms with Crippen LogP contribution >= 0.6 is 0 Å². The fourth-order valence-corrected chi connectivity index (χ4v) is 1.80. The number of nitrogens with two attached hydrogens (primary N) is 1. The van der Waals surface area contributed by atoms with Crippen LogP contribution in [-0.4, -0.2) is 18.1 Å². The van der Waals surface area contributed by atoms with Crippen LogP contribution in [0.15, 0.2) is 0 Å². The lowest BCUT2D eigenvalue weighted by Crippen LogP contribution is -2.38. The van der Waals surface area contributed by atoms with E-state index < -0.39 is 0 Å². The second kappa shape index (κ2) is 6.39. The fourth-order valence-electron chi connectivity index (χ4n) is 1.80. The summed E-state index contributed by atoms with van der Waals surface area (Å²) in [4.78, 5) is 0. The highest BCUT2D eigenvalue weighted by molar-refractivity contribution is 4.78. The Hall–Kier alpha value is -0.0800. The molecule has 1 heterocycles. The van der Waals surface area contributed by atoms with Crippen LogP contribution in [0, 0.1) is 5.41 Å². The van der Waals surface area contributed by atoms with Crippen LogP contribution in [0.4, 0.5) is 0 Å². The smallest absolute Gasteiger partial charge is 0.0182 e. The van der Waals surface area contributed by atoms with Gasteiger partial charge in [0.25, 0.3) is 0 Å². The summed E-state index contributed by atoms with van der Waals surface area (Å²) in [5.74, 6) is 5.82. The first-order chi connectivity index (χ1) is 6.16. The molecular formula is C11H26N2. The van der Waals surface area contributed by atoms with Gasteiger partial charge >= 0.3 is 0 Å². The average molecular weight is 186 g/mol. The molecule has 80 valence electrons. The van der Waals surface area contributed by atoms with Crippen LogP contribution in [0.3, 0.4) is 0 Å². The second-order valence-electron chi connectivity index (χ2n) is 4.09. The minimum absolute atomic E-state index is 0.477. The molecule has 1 aliphatic heterocycles. The first kappa shape index (κ1) is 12.9. The Kier molecular flexibility index (Phi) is 6.35. The summed E-state index contributed by atoms with van der Waals surface area (Å²) in [5, 5.41) is 1.98. The zero-order chi connectivity index (χ0) is 10.3. The van der Waals surface area contributed by atoms with Gasteiger partial charge in [-0.3, -0.25) is 5.84 Å². The summed E-state index contributed by atoms with van der Waals surface area (Å²) in [6.07, 6.45) is 5.21. The molecule has 0 aliphatic carbocycles. The van der Waals surface area contributed by atoms with Crippen LogP contribution in [-0.2, 0) is 0 Å². The van der Waals surface area contributed by atoms with E-state index in [0.29, 0.717) is 5.41 Å². The molecule has 2 heteroatoms. The van der Waals surface area contributed by atoms with E-state index in [2.05, 4.69) is 13.8 Å². The molecule has 1 saturated heterocycles. The van der Waals surface area contributed by atoms with Gasteiger partial charge in [-0.05, 0) is 24.7 Å². The van der Waals surface area contributed by atoms with Crippen molar-refractivity contribution in [3.63, 3.8) is 0 Å². The molecule has 2 nitrogen and oxygen atoms in total. The van der Waals surface area contributed by atoms with E-state index in [4.69, 9.17) is 5.84 Å². The molecule has 1 aliphatic rings. The normalized spacial score (nSPS) is 30.2. The van der Waals surface area contributed by atoms with Gasteiger partial charge in [0.05, 0.1) is 0 Å². The summed E-state index contributed by atoms with van der Waals surface area (Å²) in [6.45, 7) is 10.8. The molecule has 1 rings (SSSR count). The van der Waals surface area contributed by atoms with E-state index in [0.717, 1.165) is 13.1 Å². The van der Waals surface area contributed by atoms with E-state index in [1.54, 1.807) is 0 Å². The van der Waals surface area contributed by atoms with Crippen molar-refractivity contribution < 1.29 is 0 Å². The molecule has 0 aromatic heterocycles. The van der Waals surface area contributed by atoms with Crippen molar-refractivity contribution in [1.82, 2.24) is 5.01 Å². The Bertz CT molecular complexity index is 125. The van der Waals surface area contributed by atoms with Crippen LogP contribution in [0.2, 0.25) is 0 Å². The molecular weight excluding hydrogens is 160 g/mol. The lowest BCUT2D eigenvalue weighted by atomic mass is 9.83. The molecule has 13 heavy (non-hydrogen) atoms. The minimum atomic E-state index is 0.477. The number of rotatable bonds is 1. The van der Waals surface area contributed by atoms with Gasteiger partial charge in [0.1, 0.15) is 0 Å². The zero-order valence-electron chi connectivity index (χ0n) is 9.77. The van der Waals surface area contributed by atoms with E-state index >= 15 is 0 Å². The molecule has 0 spiro atoms. The SMILES string of the molecule is CC.CCC1(C)CCCCN(N)C1. The Morgan fingerprint density at radius 2 is 1.92 bits per heavy atom. The standard InChI is InChI=1S/C9H20N2.C2H6/c1-3-9(2)6-4-5-7-11(10)8-9;1-2/h3-8,10H2,1-2H3;1-2H3.